The van der Waals surface area contributed by atoms with Crippen LogP contribution in [0.25, 0.3) is 0 Å². The maximum Gasteiger partial charge on any atom is 0.224 e. The fourth-order valence-corrected chi connectivity index (χ4v) is 2.52. The van der Waals surface area contributed by atoms with Gasteiger partial charge in [0.25, 0.3) is 0 Å². The van der Waals surface area contributed by atoms with Crippen molar-refractivity contribution in [2.45, 2.75) is 58.8 Å². The highest BCUT2D eigenvalue weighted by atomic mass is 79.9. The van der Waals surface area contributed by atoms with Crippen LogP contribution in [0.15, 0.2) is 18.2 Å². The van der Waals surface area contributed by atoms with Gasteiger partial charge >= 0.3 is 0 Å². The number of benzene rings is 1. The Hall–Kier alpha value is -0.830. The van der Waals surface area contributed by atoms with Gasteiger partial charge in [0.15, 0.2) is 0 Å². The lowest BCUT2D eigenvalue weighted by atomic mass is 9.94. The summed E-state index contributed by atoms with van der Waals surface area (Å²) in [5, 5.41) is 4.02. The van der Waals surface area contributed by atoms with E-state index >= 15 is 0 Å². The zero-order valence-corrected chi connectivity index (χ0v) is 14.6. The predicted molar refractivity (Wildman–Crippen MR) is 90.9 cm³/mol. The molecule has 0 spiro atoms. The van der Waals surface area contributed by atoms with E-state index in [1.54, 1.807) is 0 Å². The van der Waals surface area contributed by atoms with E-state index in [1.165, 1.54) is 11.1 Å². The summed E-state index contributed by atoms with van der Waals surface area (Å²) in [6.07, 6.45) is 2.56. The highest BCUT2D eigenvalue weighted by Crippen LogP contribution is 2.28. The molecule has 112 valence electrons. The van der Waals surface area contributed by atoms with Crippen molar-refractivity contribution in [3.8, 4) is 0 Å². The van der Waals surface area contributed by atoms with E-state index in [2.05, 4.69) is 61.1 Å². The van der Waals surface area contributed by atoms with Crippen LogP contribution in [-0.4, -0.2) is 11.2 Å². The van der Waals surface area contributed by atoms with E-state index in [4.69, 9.17) is 0 Å². The molecule has 0 aliphatic rings. The van der Waals surface area contributed by atoms with E-state index in [1.807, 2.05) is 6.07 Å². The third kappa shape index (κ3) is 5.28. The van der Waals surface area contributed by atoms with Crippen LogP contribution in [0.1, 0.15) is 69.9 Å². The zero-order valence-electron chi connectivity index (χ0n) is 13.0. The summed E-state index contributed by atoms with van der Waals surface area (Å²) in [4.78, 5) is 12.0. The lowest BCUT2D eigenvalue weighted by Crippen LogP contribution is -2.13. The van der Waals surface area contributed by atoms with E-state index < -0.39 is 0 Å². The summed E-state index contributed by atoms with van der Waals surface area (Å²) in [7, 11) is 0. The Morgan fingerprint density at radius 1 is 1.15 bits per heavy atom. The molecule has 1 aromatic carbocycles. The van der Waals surface area contributed by atoms with Gasteiger partial charge in [-0.2, -0.15) is 0 Å². The maximum atomic E-state index is 12.0. The van der Waals surface area contributed by atoms with Crippen molar-refractivity contribution in [1.82, 2.24) is 0 Å². The molecule has 0 saturated carbocycles. The van der Waals surface area contributed by atoms with E-state index in [-0.39, 0.29) is 5.91 Å². The van der Waals surface area contributed by atoms with E-state index in [9.17, 15) is 4.79 Å². The number of carbonyl (C=O) groups is 1. The third-order valence-corrected chi connectivity index (χ3v) is 3.99. The van der Waals surface area contributed by atoms with Gasteiger partial charge in [-0.25, -0.2) is 0 Å². The second-order valence-corrected chi connectivity index (χ2v) is 6.64. The minimum Gasteiger partial charge on any atom is -0.326 e. The molecular weight excluding hydrogens is 314 g/mol. The van der Waals surface area contributed by atoms with Crippen LogP contribution >= 0.6 is 15.9 Å². The summed E-state index contributed by atoms with van der Waals surface area (Å²) in [6, 6.07) is 6.39. The summed E-state index contributed by atoms with van der Waals surface area (Å²) >= 11 is 3.39. The number of halogens is 1. The van der Waals surface area contributed by atoms with Crippen molar-refractivity contribution in [3.05, 3.63) is 29.3 Å². The number of carbonyl (C=O) groups excluding carboxylic acids is 1. The lowest BCUT2D eigenvalue weighted by Gasteiger charge is -2.17. The molecule has 2 nitrogen and oxygen atoms in total. The Morgan fingerprint density at radius 2 is 1.85 bits per heavy atom. The lowest BCUT2D eigenvalue weighted by molar-refractivity contribution is -0.116. The average molecular weight is 340 g/mol. The Bertz CT molecular complexity index is 441. The van der Waals surface area contributed by atoms with Crippen molar-refractivity contribution < 1.29 is 4.79 Å². The smallest absolute Gasteiger partial charge is 0.224 e. The Morgan fingerprint density at radius 3 is 2.40 bits per heavy atom. The normalized spacial score (nSPS) is 11.2. The SMILES string of the molecule is CC(C)c1ccc(NC(=O)CCCCBr)c(C(C)C)c1. The van der Waals surface area contributed by atoms with Crippen LogP contribution in [0.2, 0.25) is 0 Å². The number of unbranched alkanes of at least 4 members (excludes halogenated alkanes) is 1. The van der Waals surface area contributed by atoms with E-state index in [0.717, 1.165) is 23.9 Å². The summed E-state index contributed by atoms with van der Waals surface area (Å²) in [5.41, 5.74) is 3.52. The molecule has 0 atom stereocenters. The first kappa shape index (κ1) is 17.2. The van der Waals surface area contributed by atoms with Crippen LogP contribution in [0.4, 0.5) is 5.69 Å². The molecule has 0 aromatic heterocycles. The van der Waals surface area contributed by atoms with Crippen molar-refractivity contribution in [1.29, 1.82) is 0 Å². The summed E-state index contributed by atoms with van der Waals surface area (Å²) in [5.74, 6) is 1.04. The summed E-state index contributed by atoms with van der Waals surface area (Å²) in [6.45, 7) is 8.72. The Balaban J connectivity index is 2.81. The van der Waals surface area contributed by atoms with Crippen LogP contribution < -0.4 is 5.32 Å². The number of nitrogens with one attached hydrogen (secondary N) is 1. The fourth-order valence-electron chi connectivity index (χ4n) is 2.12. The fraction of sp³-hybridized carbons (Fsp3) is 0.588. The van der Waals surface area contributed by atoms with Gasteiger partial charge in [0.2, 0.25) is 5.91 Å². The van der Waals surface area contributed by atoms with Crippen LogP contribution in [-0.2, 0) is 4.79 Å². The van der Waals surface area contributed by atoms with Crippen molar-refractivity contribution in [3.63, 3.8) is 0 Å². The highest BCUT2D eigenvalue weighted by Gasteiger charge is 2.11. The molecule has 1 aromatic rings. The van der Waals surface area contributed by atoms with Gasteiger partial charge in [0.1, 0.15) is 0 Å². The highest BCUT2D eigenvalue weighted by molar-refractivity contribution is 9.09. The molecule has 0 radical (unpaired) electrons. The number of alkyl halides is 1. The minimum atomic E-state index is 0.116. The minimum absolute atomic E-state index is 0.116. The second kappa shape index (κ2) is 8.46. The van der Waals surface area contributed by atoms with Gasteiger partial charge in [-0.15, -0.1) is 0 Å². The van der Waals surface area contributed by atoms with Crippen LogP contribution in [0.3, 0.4) is 0 Å². The Kier molecular flexibility index (Phi) is 7.28. The molecule has 0 bridgehead atoms. The molecule has 1 N–H and O–H groups in total. The number of rotatable bonds is 7. The first-order chi connectivity index (χ1) is 9.45. The van der Waals surface area contributed by atoms with Crippen molar-refractivity contribution in [2.24, 2.45) is 0 Å². The first-order valence-corrected chi connectivity index (χ1v) is 8.57. The third-order valence-electron chi connectivity index (χ3n) is 3.43. The van der Waals surface area contributed by atoms with Crippen molar-refractivity contribution >= 4 is 27.5 Å². The monoisotopic (exact) mass is 339 g/mol. The molecule has 0 aliphatic heterocycles. The number of hydrogen-bond acceptors (Lipinski definition) is 1. The molecule has 1 amide bonds. The molecular formula is C17H26BrNO. The topological polar surface area (TPSA) is 29.1 Å². The maximum absolute atomic E-state index is 12.0. The van der Waals surface area contributed by atoms with Gasteiger partial charge in [0.05, 0.1) is 0 Å². The Labute approximate surface area is 131 Å². The van der Waals surface area contributed by atoms with Gasteiger partial charge in [-0.05, 0) is 41.9 Å². The van der Waals surface area contributed by atoms with Gasteiger partial charge in [0, 0.05) is 17.4 Å². The molecule has 3 heteroatoms. The molecule has 1 rings (SSSR count). The predicted octanol–water partition coefficient (Wildman–Crippen LogP) is 5.44. The van der Waals surface area contributed by atoms with Crippen LogP contribution in [0, 0.1) is 0 Å². The van der Waals surface area contributed by atoms with Crippen molar-refractivity contribution in [2.75, 3.05) is 10.6 Å². The summed E-state index contributed by atoms with van der Waals surface area (Å²) < 4.78 is 0. The molecule has 0 aliphatic carbocycles. The largest absolute Gasteiger partial charge is 0.326 e. The van der Waals surface area contributed by atoms with Crippen LogP contribution in [0.5, 0.6) is 0 Å². The quantitative estimate of drug-likeness (QED) is 0.520. The van der Waals surface area contributed by atoms with Gasteiger partial charge < -0.3 is 5.32 Å². The zero-order chi connectivity index (χ0) is 15.1. The molecule has 0 saturated heterocycles. The number of anilines is 1. The number of hydrogen-bond donors (Lipinski definition) is 1. The van der Waals surface area contributed by atoms with E-state index in [0.29, 0.717) is 18.3 Å². The molecule has 0 fully saturated rings. The van der Waals surface area contributed by atoms with Gasteiger partial charge in [-0.1, -0.05) is 55.8 Å². The second-order valence-electron chi connectivity index (χ2n) is 5.85. The molecule has 0 heterocycles. The average Bonchev–Trinajstić information content (AvgIpc) is 2.38. The number of amides is 1. The standard InChI is InChI=1S/C17H26BrNO/c1-12(2)14-8-9-16(15(11-14)13(3)4)19-17(20)7-5-6-10-18/h8-9,11-13H,5-7,10H2,1-4H3,(H,19,20). The molecule has 0 unspecified atom stereocenters. The van der Waals surface area contributed by atoms with Gasteiger partial charge in [-0.3, -0.25) is 4.79 Å². The first-order valence-electron chi connectivity index (χ1n) is 7.45. The molecule has 20 heavy (non-hydrogen) atoms.